The molecule has 1 atom stereocenters. The second kappa shape index (κ2) is 6.87. The lowest BCUT2D eigenvalue weighted by Gasteiger charge is -2.20. The van der Waals surface area contributed by atoms with E-state index in [0.29, 0.717) is 11.6 Å². The smallest absolute Gasteiger partial charge is 0.132 e. The normalized spacial score (nSPS) is 11.7. The Balaban J connectivity index is 2.24. The number of hydrogen-bond donors (Lipinski definition) is 1. The summed E-state index contributed by atoms with van der Waals surface area (Å²) in [6.45, 7) is 5.18. The first kappa shape index (κ1) is 15.0. The maximum Gasteiger partial charge on any atom is 0.132 e. The number of pyridine rings is 1. The number of rotatable bonds is 5. The highest BCUT2D eigenvalue weighted by atomic mass is 15.2. The lowest BCUT2D eigenvalue weighted by molar-refractivity contribution is 0.597. The van der Waals surface area contributed by atoms with Gasteiger partial charge in [-0.2, -0.15) is 5.26 Å². The molecule has 2 aromatic rings. The summed E-state index contributed by atoms with van der Waals surface area (Å²) in [4.78, 5) is 6.45. The van der Waals surface area contributed by atoms with Crippen molar-refractivity contribution in [2.75, 3.05) is 18.5 Å². The Kier molecular flexibility index (Phi) is 4.91. The summed E-state index contributed by atoms with van der Waals surface area (Å²) in [5.41, 5.74) is 2.88. The third kappa shape index (κ3) is 3.59. The van der Waals surface area contributed by atoms with Crippen molar-refractivity contribution in [3.05, 3.63) is 53.7 Å². The van der Waals surface area contributed by atoms with Crippen molar-refractivity contribution in [1.82, 2.24) is 10.3 Å². The lowest BCUT2D eigenvalue weighted by atomic mass is 10.1. The van der Waals surface area contributed by atoms with Crippen molar-refractivity contribution >= 4 is 11.5 Å². The molecule has 1 unspecified atom stereocenters. The minimum absolute atomic E-state index is 0.297. The Morgan fingerprint density at radius 2 is 2.00 bits per heavy atom. The van der Waals surface area contributed by atoms with Gasteiger partial charge in [-0.15, -0.1) is 0 Å². The van der Waals surface area contributed by atoms with Gasteiger partial charge < -0.3 is 10.2 Å². The fourth-order valence-corrected chi connectivity index (χ4v) is 2.20. The van der Waals surface area contributed by atoms with Crippen molar-refractivity contribution in [2.45, 2.75) is 19.9 Å². The first-order valence-electron chi connectivity index (χ1n) is 7.09. The quantitative estimate of drug-likeness (QED) is 0.912. The van der Waals surface area contributed by atoms with Crippen LogP contribution in [0.1, 0.15) is 31.0 Å². The molecule has 0 aliphatic heterocycles. The van der Waals surface area contributed by atoms with Crippen molar-refractivity contribution in [1.29, 1.82) is 5.26 Å². The molecule has 0 amide bonds. The molecule has 0 saturated carbocycles. The highest BCUT2D eigenvalue weighted by Gasteiger charge is 2.09. The van der Waals surface area contributed by atoms with E-state index < -0.39 is 0 Å². The first-order valence-corrected chi connectivity index (χ1v) is 7.09. The maximum atomic E-state index is 8.85. The average Bonchev–Trinajstić information content (AvgIpc) is 2.54. The minimum atomic E-state index is 0.297. The number of aromatic nitrogens is 1. The Bertz CT molecular complexity index is 628. The predicted octanol–water partition coefficient (Wildman–Crippen LogP) is 3.39. The summed E-state index contributed by atoms with van der Waals surface area (Å²) >= 11 is 0. The van der Waals surface area contributed by atoms with Crippen LogP contribution in [0.3, 0.4) is 0 Å². The predicted molar refractivity (Wildman–Crippen MR) is 85.5 cm³/mol. The number of anilines is 2. The molecule has 0 spiro atoms. The van der Waals surface area contributed by atoms with Gasteiger partial charge in [-0.25, -0.2) is 4.98 Å². The molecule has 1 aromatic heterocycles. The van der Waals surface area contributed by atoms with Crippen molar-refractivity contribution in [3.8, 4) is 6.07 Å². The van der Waals surface area contributed by atoms with Crippen LogP contribution >= 0.6 is 0 Å². The maximum absolute atomic E-state index is 8.85. The molecular formula is C17H20N4. The number of benzene rings is 1. The molecule has 4 heteroatoms. The molecule has 21 heavy (non-hydrogen) atoms. The molecule has 4 nitrogen and oxygen atoms in total. The van der Waals surface area contributed by atoms with Gasteiger partial charge in [0, 0.05) is 25.0 Å². The van der Waals surface area contributed by atoms with Gasteiger partial charge in [-0.3, -0.25) is 0 Å². The fourth-order valence-electron chi connectivity index (χ4n) is 2.20. The van der Waals surface area contributed by atoms with Crippen molar-refractivity contribution in [3.63, 3.8) is 0 Å². The molecule has 0 radical (unpaired) electrons. The molecule has 2 rings (SSSR count). The Hall–Kier alpha value is -2.38. The van der Waals surface area contributed by atoms with E-state index in [-0.39, 0.29) is 0 Å². The molecular weight excluding hydrogens is 260 g/mol. The van der Waals surface area contributed by atoms with E-state index in [4.69, 9.17) is 5.26 Å². The molecule has 0 aliphatic rings. The largest absolute Gasteiger partial charge is 0.329 e. The highest BCUT2D eigenvalue weighted by Crippen LogP contribution is 2.24. The van der Waals surface area contributed by atoms with Gasteiger partial charge in [0.15, 0.2) is 0 Å². The van der Waals surface area contributed by atoms with Crippen molar-refractivity contribution < 1.29 is 0 Å². The van der Waals surface area contributed by atoms with E-state index in [1.807, 2.05) is 48.5 Å². The van der Waals surface area contributed by atoms with E-state index in [9.17, 15) is 0 Å². The summed E-state index contributed by atoms with van der Waals surface area (Å²) in [6, 6.07) is 14.0. The zero-order valence-corrected chi connectivity index (χ0v) is 12.7. The lowest BCUT2D eigenvalue weighted by Crippen LogP contribution is -2.18. The zero-order valence-electron chi connectivity index (χ0n) is 12.7. The van der Waals surface area contributed by atoms with E-state index >= 15 is 0 Å². The number of nitriles is 1. The average molecular weight is 280 g/mol. The van der Waals surface area contributed by atoms with Gasteiger partial charge in [0.1, 0.15) is 5.82 Å². The number of nitrogens with zero attached hydrogens (tertiary/aromatic N) is 3. The third-order valence-corrected chi connectivity index (χ3v) is 3.51. The molecule has 108 valence electrons. The topological polar surface area (TPSA) is 52.0 Å². The van der Waals surface area contributed by atoms with Crippen LogP contribution in [-0.2, 0) is 0 Å². The molecule has 0 aliphatic carbocycles. The standard InChI is InChI=1S/C17H20N4/c1-4-19-13(2)15-9-10-20-17(11-15)21(3)16-7-5-14(12-18)6-8-16/h5-11,13,19H,4H2,1-3H3. The van der Waals surface area contributed by atoms with Crippen LogP contribution in [0.25, 0.3) is 0 Å². The van der Waals surface area contributed by atoms with Gasteiger partial charge >= 0.3 is 0 Å². The highest BCUT2D eigenvalue weighted by molar-refractivity contribution is 5.60. The van der Waals surface area contributed by atoms with E-state index in [0.717, 1.165) is 18.1 Å². The number of hydrogen-bond acceptors (Lipinski definition) is 4. The van der Waals surface area contributed by atoms with Gasteiger partial charge in [0.2, 0.25) is 0 Å². The van der Waals surface area contributed by atoms with Gasteiger partial charge in [0.05, 0.1) is 11.6 Å². The van der Waals surface area contributed by atoms with Crippen LogP contribution in [0.4, 0.5) is 11.5 Å². The SMILES string of the molecule is CCNC(C)c1ccnc(N(C)c2ccc(C#N)cc2)c1. The van der Waals surface area contributed by atoms with Gasteiger partial charge in [-0.1, -0.05) is 6.92 Å². The third-order valence-electron chi connectivity index (χ3n) is 3.51. The second-order valence-electron chi connectivity index (χ2n) is 4.94. The summed E-state index contributed by atoms with van der Waals surface area (Å²) in [6.07, 6.45) is 1.83. The monoisotopic (exact) mass is 280 g/mol. The number of nitrogens with one attached hydrogen (secondary N) is 1. The van der Waals surface area contributed by atoms with E-state index in [2.05, 4.69) is 36.3 Å². The Labute approximate surface area is 126 Å². The summed E-state index contributed by atoms with van der Waals surface area (Å²) in [7, 11) is 1.98. The van der Waals surface area contributed by atoms with Crippen LogP contribution < -0.4 is 10.2 Å². The van der Waals surface area contributed by atoms with E-state index in [1.54, 1.807) is 0 Å². The fraction of sp³-hybridized carbons (Fsp3) is 0.294. The molecule has 0 bridgehead atoms. The first-order chi connectivity index (χ1) is 10.2. The minimum Gasteiger partial charge on any atom is -0.329 e. The van der Waals surface area contributed by atoms with Crippen LogP contribution in [0.5, 0.6) is 0 Å². The Morgan fingerprint density at radius 1 is 1.29 bits per heavy atom. The summed E-state index contributed by atoms with van der Waals surface area (Å²) in [5.74, 6) is 0.891. The molecule has 0 fully saturated rings. The van der Waals surface area contributed by atoms with E-state index in [1.165, 1.54) is 5.56 Å². The molecule has 0 saturated heterocycles. The molecule has 1 heterocycles. The van der Waals surface area contributed by atoms with Crippen LogP contribution in [0.2, 0.25) is 0 Å². The van der Waals surface area contributed by atoms with Crippen LogP contribution in [-0.4, -0.2) is 18.6 Å². The van der Waals surface area contributed by atoms with Crippen molar-refractivity contribution in [2.24, 2.45) is 0 Å². The molecule has 1 N–H and O–H groups in total. The van der Waals surface area contributed by atoms with Crippen LogP contribution in [0, 0.1) is 11.3 Å². The Morgan fingerprint density at radius 3 is 2.62 bits per heavy atom. The zero-order chi connectivity index (χ0) is 15.2. The second-order valence-corrected chi connectivity index (χ2v) is 4.94. The van der Waals surface area contributed by atoms with Gasteiger partial charge in [-0.05, 0) is 55.4 Å². The summed E-state index contributed by atoms with van der Waals surface area (Å²) < 4.78 is 0. The summed E-state index contributed by atoms with van der Waals surface area (Å²) in [5, 5.41) is 12.2. The van der Waals surface area contributed by atoms with Gasteiger partial charge in [0.25, 0.3) is 0 Å². The van der Waals surface area contributed by atoms with Crippen LogP contribution in [0.15, 0.2) is 42.6 Å². The molecule has 1 aromatic carbocycles.